The second kappa shape index (κ2) is 6.78. The third-order valence-corrected chi connectivity index (χ3v) is 3.49. The fourth-order valence-electron chi connectivity index (χ4n) is 1.86. The van der Waals surface area contributed by atoms with E-state index in [9.17, 15) is 9.18 Å². The summed E-state index contributed by atoms with van der Waals surface area (Å²) in [5.41, 5.74) is 7.72. The van der Waals surface area contributed by atoms with Crippen LogP contribution in [0, 0.1) is 5.82 Å². The summed E-state index contributed by atoms with van der Waals surface area (Å²) < 4.78 is 13.3. The van der Waals surface area contributed by atoms with Crippen molar-refractivity contribution in [1.29, 1.82) is 0 Å². The fraction of sp³-hybridized carbons (Fsp3) is 0.133. The van der Waals surface area contributed by atoms with Crippen molar-refractivity contribution in [2.24, 2.45) is 0 Å². The molecule has 0 atom stereocenters. The Morgan fingerprint density at radius 3 is 2.43 bits per heavy atom. The van der Waals surface area contributed by atoms with Crippen molar-refractivity contribution in [2.45, 2.75) is 12.8 Å². The van der Waals surface area contributed by atoms with Crippen molar-refractivity contribution in [1.82, 2.24) is 0 Å². The number of para-hydroxylation sites is 1. The topological polar surface area (TPSA) is 55.1 Å². The Hall–Kier alpha value is -1.78. The molecule has 0 unspecified atom stereocenters. The number of carbonyl (C=O) groups is 1. The Morgan fingerprint density at radius 2 is 1.81 bits per heavy atom. The van der Waals surface area contributed by atoms with Gasteiger partial charge in [0.25, 0.3) is 0 Å². The smallest absolute Gasteiger partial charge is 0.224 e. The number of carbonyl (C=O) groups excluding carboxylic acids is 1. The van der Waals surface area contributed by atoms with E-state index in [1.807, 2.05) is 18.2 Å². The zero-order valence-electron chi connectivity index (χ0n) is 11.0. The summed E-state index contributed by atoms with van der Waals surface area (Å²) in [4.78, 5) is 11.9. The normalized spacial score (nSPS) is 10.4. The molecule has 1 amide bonds. The maximum Gasteiger partial charge on any atom is 0.224 e. The first-order valence-corrected chi connectivity index (χ1v) is 7.00. The Labute approximate surface area is 131 Å². The summed E-state index contributed by atoms with van der Waals surface area (Å²) in [6.07, 6.45) is 0.766. The Balaban J connectivity index is 1.98. The minimum atomic E-state index is -0.701. The van der Waals surface area contributed by atoms with Gasteiger partial charge < -0.3 is 11.1 Å². The number of benzene rings is 2. The minimum Gasteiger partial charge on any atom is -0.399 e. The van der Waals surface area contributed by atoms with E-state index >= 15 is 0 Å². The van der Waals surface area contributed by atoms with Crippen LogP contribution in [0.5, 0.6) is 0 Å². The van der Waals surface area contributed by atoms with Crippen molar-refractivity contribution in [3.63, 3.8) is 0 Å². The van der Waals surface area contributed by atoms with Gasteiger partial charge in [0, 0.05) is 17.8 Å². The lowest BCUT2D eigenvalue weighted by Crippen LogP contribution is -2.13. The van der Waals surface area contributed by atoms with Gasteiger partial charge in [-0.05, 0) is 30.2 Å². The molecule has 0 aliphatic heterocycles. The minimum absolute atomic E-state index is 0.134. The average molecular weight is 327 g/mol. The lowest BCUT2D eigenvalue weighted by atomic mass is 10.1. The lowest BCUT2D eigenvalue weighted by molar-refractivity contribution is -0.116. The molecule has 0 saturated heterocycles. The number of rotatable bonds is 4. The van der Waals surface area contributed by atoms with Gasteiger partial charge in [0.15, 0.2) is 5.82 Å². The molecule has 2 aromatic carbocycles. The number of aryl methyl sites for hydroxylation is 1. The van der Waals surface area contributed by atoms with Crippen LogP contribution >= 0.6 is 23.2 Å². The highest BCUT2D eigenvalue weighted by atomic mass is 35.5. The first-order valence-electron chi connectivity index (χ1n) is 6.25. The van der Waals surface area contributed by atoms with Crippen LogP contribution in [-0.4, -0.2) is 5.91 Å². The van der Waals surface area contributed by atoms with Crippen LogP contribution < -0.4 is 11.1 Å². The SMILES string of the molecule is Nc1ccccc1CCC(=O)Nc1cc(Cl)c(F)c(Cl)c1. The van der Waals surface area contributed by atoms with Crippen molar-refractivity contribution >= 4 is 40.5 Å². The van der Waals surface area contributed by atoms with E-state index in [0.29, 0.717) is 17.8 Å². The fourth-order valence-corrected chi connectivity index (χ4v) is 2.35. The second-order valence-electron chi connectivity index (χ2n) is 4.50. The second-order valence-corrected chi connectivity index (χ2v) is 5.32. The van der Waals surface area contributed by atoms with Gasteiger partial charge in [0.1, 0.15) is 0 Å². The molecule has 0 aromatic heterocycles. The van der Waals surface area contributed by atoms with E-state index in [1.165, 1.54) is 12.1 Å². The van der Waals surface area contributed by atoms with E-state index in [1.54, 1.807) is 6.07 Å². The van der Waals surface area contributed by atoms with Crippen molar-refractivity contribution < 1.29 is 9.18 Å². The molecule has 21 heavy (non-hydrogen) atoms. The van der Waals surface area contributed by atoms with Crippen LogP contribution in [0.3, 0.4) is 0 Å². The Morgan fingerprint density at radius 1 is 1.19 bits per heavy atom. The molecule has 3 N–H and O–H groups in total. The highest BCUT2D eigenvalue weighted by Gasteiger charge is 2.10. The molecule has 6 heteroatoms. The van der Waals surface area contributed by atoms with E-state index in [0.717, 1.165) is 5.56 Å². The number of amides is 1. The molecule has 0 spiro atoms. The van der Waals surface area contributed by atoms with Crippen molar-refractivity contribution in [3.05, 3.63) is 57.8 Å². The van der Waals surface area contributed by atoms with Crippen LogP contribution in [0.25, 0.3) is 0 Å². The largest absolute Gasteiger partial charge is 0.399 e. The molecule has 0 bridgehead atoms. The van der Waals surface area contributed by atoms with Gasteiger partial charge in [-0.25, -0.2) is 4.39 Å². The molecular formula is C15H13Cl2FN2O. The molecule has 2 rings (SSSR count). The van der Waals surface area contributed by atoms with Gasteiger partial charge in [-0.3, -0.25) is 4.79 Å². The zero-order valence-corrected chi connectivity index (χ0v) is 12.5. The highest BCUT2D eigenvalue weighted by molar-refractivity contribution is 6.35. The van der Waals surface area contributed by atoms with E-state index in [4.69, 9.17) is 28.9 Å². The summed E-state index contributed by atoms with van der Waals surface area (Å²) >= 11 is 11.3. The quantitative estimate of drug-likeness (QED) is 0.650. The summed E-state index contributed by atoms with van der Waals surface area (Å²) in [5.74, 6) is -0.926. The van der Waals surface area contributed by atoms with Gasteiger partial charge in [0.2, 0.25) is 5.91 Å². The number of anilines is 2. The predicted molar refractivity (Wildman–Crippen MR) is 84.2 cm³/mol. The monoisotopic (exact) mass is 326 g/mol. The zero-order chi connectivity index (χ0) is 15.4. The number of nitrogens with one attached hydrogen (secondary N) is 1. The summed E-state index contributed by atoms with van der Waals surface area (Å²) in [5, 5.41) is 2.36. The summed E-state index contributed by atoms with van der Waals surface area (Å²) in [7, 11) is 0. The van der Waals surface area contributed by atoms with Crippen LogP contribution in [-0.2, 0) is 11.2 Å². The van der Waals surface area contributed by atoms with Crippen LogP contribution in [0.4, 0.5) is 15.8 Å². The first kappa shape index (κ1) is 15.6. The lowest BCUT2D eigenvalue weighted by Gasteiger charge is -2.08. The van der Waals surface area contributed by atoms with Gasteiger partial charge >= 0.3 is 0 Å². The molecule has 110 valence electrons. The predicted octanol–water partition coefficient (Wildman–Crippen LogP) is 4.29. The number of halogens is 3. The third-order valence-electron chi connectivity index (χ3n) is 2.94. The molecule has 0 aliphatic rings. The molecule has 0 aliphatic carbocycles. The standard InChI is InChI=1S/C15H13Cl2FN2O/c16-11-7-10(8-12(17)15(11)18)20-14(21)6-5-9-3-1-2-4-13(9)19/h1-4,7-8H,5-6,19H2,(H,20,21). The van der Waals surface area contributed by atoms with Crippen molar-refractivity contribution in [2.75, 3.05) is 11.1 Å². The van der Waals surface area contributed by atoms with Gasteiger partial charge in [0.05, 0.1) is 10.0 Å². The van der Waals surface area contributed by atoms with Crippen molar-refractivity contribution in [3.8, 4) is 0 Å². The van der Waals surface area contributed by atoms with Crippen LogP contribution in [0.1, 0.15) is 12.0 Å². The maximum atomic E-state index is 13.3. The molecule has 0 heterocycles. The molecule has 0 saturated carbocycles. The molecule has 0 radical (unpaired) electrons. The molecule has 3 nitrogen and oxygen atoms in total. The summed E-state index contributed by atoms with van der Waals surface area (Å²) in [6, 6.07) is 9.99. The van der Waals surface area contributed by atoms with E-state index in [-0.39, 0.29) is 22.4 Å². The number of hydrogen-bond acceptors (Lipinski definition) is 2. The maximum absolute atomic E-state index is 13.3. The number of nitrogens with two attached hydrogens (primary N) is 1. The summed E-state index contributed by atoms with van der Waals surface area (Å²) in [6.45, 7) is 0. The molecule has 2 aromatic rings. The van der Waals surface area contributed by atoms with Crippen LogP contribution in [0.15, 0.2) is 36.4 Å². The average Bonchev–Trinajstić information content (AvgIpc) is 2.44. The number of nitrogen functional groups attached to an aromatic ring is 1. The van der Waals surface area contributed by atoms with E-state index in [2.05, 4.69) is 5.32 Å². The third kappa shape index (κ3) is 4.09. The highest BCUT2D eigenvalue weighted by Crippen LogP contribution is 2.27. The molecule has 0 fully saturated rings. The van der Waals surface area contributed by atoms with E-state index < -0.39 is 5.82 Å². The molecular weight excluding hydrogens is 314 g/mol. The Bertz CT molecular complexity index is 653. The van der Waals surface area contributed by atoms with Gasteiger partial charge in [-0.15, -0.1) is 0 Å². The van der Waals surface area contributed by atoms with Gasteiger partial charge in [-0.2, -0.15) is 0 Å². The van der Waals surface area contributed by atoms with Gasteiger partial charge in [-0.1, -0.05) is 41.4 Å². The van der Waals surface area contributed by atoms with Crippen LogP contribution in [0.2, 0.25) is 10.0 Å². The Kier molecular flexibility index (Phi) is 5.04. The number of hydrogen-bond donors (Lipinski definition) is 2. The first-order chi connectivity index (χ1) is 9.97.